The Labute approximate surface area is 112 Å². The fraction of sp³-hybridized carbons (Fsp3) is 0.400. The Morgan fingerprint density at radius 2 is 2.17 bits per heavy atom. The average Bonchev–Trinajstić information content (AvgIpc) is 2.69. The zero-order chi connectivity index (χ0) is 12.5. The van der Waals surface area contributed by atoms with Crippen molar-refractivity contribution in [3.63, 3.8) is 0 Å². The fourth-order valence-corrected chi connectivity index (χ4v) is 3.56. The Bertz CT molecular complexity index is 540. The van der Waals surface area contributed by atoms with Gasteiger partial charge in [-0.25, -0.2) is 4.98 Å². The highest BCUT2D eigenvalue weighted by Gasteiger charge is 2.20. The molecule has 0 saturated heterocycles. The predicted octanol–water partition coefficient (Wildman–Crippen LogP) is 3.19. The molecule has 1 atom stereocenters. The fourth-order valence-electron chi connectivity index (χ4n) is 2.58. The van der Waals surface area contributed by atoms with Gasteiger partial charge in [-0.15, -0.1) is 11.3 Å². The third kappa shape index (κ3) is 2.20. The van der Waals surface area contributed by atoms with Crippen molar-refractivity contribution < 1.29 is 0 Å². The summed E-state index contributed by atoms with van der Waals surface area (Å²) in [6.45, 7) is 5.32. The van der Waals surface area contributed by atoms with E-state index >= 15 is 0 Å². The summed E-state index contributed by atoms with van der Waals surface area (Å²) in [5.74, 6) is 0. The molecule has 0 amide bonds. The zero-order valence-corrected chi connectivity index (χ0v) is 11.7. The van der Waals surface area contributed by atoms with E-state index in [1.54, 1.807) is 0 Å². The minimum Gasteiger partial charge on any atom is -0.309 e. The van der Waals surface area contributed by atoms with E-state index in [2.05, 4.69) is 48.4 Å². The Hall–Kier alpha value is -1.19. The van der Waals surface area contributed by atoms with Crippen LogP contribution in [0.3, 0.4) is 0 Å². The molecule has 18 heavy (non-hydrogen) atoms. The number of hydrogen-bond acceptors (Lipinski definition) is 3. The topological polar surface area (TPSA) is 24.9 Å². The van der Waals surface area contributed by atoms with Crippen LogP contribution in [-0.4, -0.2) is 11.5 Å². The van der Waals surface area contributed by atoms with Gasteiger partial charge in [0.2, 0.25) is 0 Å². The predicted molar refractivity (Wildman–Crippen MR) is 76.2 cm³/mol. The lowest BCUT2D eigenvalue weighted by Gasteiger charge is -2.26. The Morgan fingerprint density at radius 3 is 2.94 bits per heavy atom. The van der Waals surface area contributed by atoms with Crippen molar-refractivity contribution in [2.45, 2.75) is 32.7 Å². The minimum atomic E-state index is 0.430. The first-order valence-corrected chi connectivity index (χ1v) is 7.30. The van der Waals surface area contributed by atoms with Crippen LogP contribution in [0.15, 0.2) is 24.3 Å². The van der Waals surface area contributed by atoms with E-state index in [1.807, 2.05) is 11.3 Å². The van der Waals surface area contributed by atoms with Crippen LogP contribution in [0.25, 0.3) is 0 Å². The summed E-state index contributed by atoms with van der Waals surface area (Å²) in [6, 6.07) is 9.21. The third-order valence-electron chi connectivity index (χ3n) is 3.67. The molecule has 1 aliphatic heterocycles. The first-order chi connectivity index (χ1) is 8.74. The number of aryl methyl sites for hydroxylation is 2. The van der Waals surface area contributed by atoms with Crippen molar-refractivity contribution in [2.75, 3.05) is 6.54 Å². The monoisotopic (exact) mass is 258 g/mol. The van der Waals surface area contributed by atoms with E-state index in [0.717, 1.165) is 19.4 Å². The second-order valence-corrected chi connectivity index (χ2v) is 6.20. The van der Waals surface area contributed by atoms with Gasteiger partial charge in [0.1, 0.15) is 0 Å². The van der Waals surface area contributed by atoms with Gasteiger partial charge in [0.25, 0.3) is 0 Å². The molecule has 0 fully saturated rings. The van der Waals surface area contributed by atoms with E-state index in [1.165, 1.54) is 26.7 Å². The molecule has 0 radical (unpaired) electrons. The summed E-state index contributed by atoms with van der Waals surface area (Å²) in [5.41, 5.74) is 4.12. The molecule has 1 aliphatic rings. The Morgan fingerprint density at radius 1 is 1.33 bits per heavy atom. The third-order valence-corrected chi connectivity index (χ3v) is 4.76. The molecule has 0 saturated carbocycles. The van der Waals surface area contributed by atoms with Crippen molar-refractivity contribution in [2.24, 2.45) is 0 Å². The van der Waals surface area contributed by atoms with Crippen LogP contribution in [0.1, 0.15) is 32.7 Å². The van der Waals surface area contributed by atoms with E-state index in [0.29, 0.717) is 6.04 Å². The Kier molecular flexibility index (Phi) is 3.18. The van der Waals surface area contributed by atoms with Crippen LogP contribution < -0.4 is 5.32 Å². The maximum atomic E-state index is 4.66. The van der Waals surface area contributed by atoms with Gasteiger partial charge < -0.3 is 5.32 Å². The summed E-state index contributed by atoms with van der Waals surface area (Å²) in [5, 5.41) is 4.87. The smallest absolute Gasteiger partial charge is 0.0949 e. The number of nitrogens with zero attached hydrogens (tertiary/aromatic N) is 1. The molecule has 2 aromatic rings. The summed E-state index contributed by atoms with van der Waals surface area (Å²) >= 11 is 1.83. The number of hydrogen-bond donors (Lipinski definition) is 1. The van der Waals surface area contributed by atoms with Crippen LogP contribution in [-0.2, 0) is 12.8 Å². The number of rotatable bonds is 2. The number of nitrogens with one attached hydrogen (secondary N) is 1. The SMILES string of the molecule is Cc1nc(CC2NCCc3ccccc32)sc1C. The van der Waals surface area contributed by atoms with Crippen molar-refractivity contribution in [3.8, 4) is 0 Å². The summed E-state index contributed by atoms with van der Waals surface area (Å²) in [4.78, 5) is 6.00. The van der Waals surface area contributed by atoms with Gasteiger partial charge >= 0.3 is 0 Å². The molecule has 1 unspecified atom stereocenters. The second-order valence-electron chi connectivity index (χ2n) is 4.91. The number of aromatic nitrogens is 1. The molecule has 2 heterocycles. The van der Waals surface area contributed by atoms with Gasteiger partial charge in [-0.1, -0.05) is 24.3 Å². The lowest BCUT2D eigenvalue weighted by molar-refractivity contribution is 0.501. The van der Waals surface area contributed by atoms with E-state index in [9.17, 15) is 0 Å². The van der Waals surface area contributed by atoms with Gasteiger partial charge in [-0.3, -0.25) is 0 Å². The average molecular weight is 258 g/mol. The molecule has 1 N–H and O–H groups in total. The summed E-state index contributed by atoms with van der Waals surface area (Å²) < 4.78 is 0. The molecule has 0 bridgehead atoms. The lowest BCUT2D eigenvalue weighted by Crippen LogP contribution is -2.31. The van der Waals surface area contributed by atoms with Crippen molar-refractivity contribution >= 4 is 11.3 Å². The van der Waals surface area contributed by atoms with Crippen molar-refractivity contribution in [1.29, 1.82) is 0 Å². The van der Waals surface area contributed by atoms with Gasteiger partial charge in [0.05, 0.1) is 10.7 Å². The number of thiazole rings is 1. The first kappa shape index (κ1) is 11.9. The summed E-state index contributed by atoms with van der Waals surface area (Å²) in [6.07, 6.45) is 2.15. The van der Waals surface area contributed by atoms with Crippen molar-refractivity contribution in [3.05, 3.63) is 51.0 Å². The van der Waals surface area contributed by atoms with E-state index < -0.39 is 0 Å². The highest BCUT2D eigenvalue weighted by atomic mass is 32.1. The minimum absolute atomic E-state index is 0.430. The lowest BCUT2D eigenvalue weighted by atomic mass is 9.93. The van der Waals surface area contributed by atoms with Crippen LogP contribution in [0.2, 0.25) is 0 Å². The van der Waals surface area contributed by atoms with Crippen LogP contribution in [0.5, 0.6) is 0 Å². The van der Waals surface area contributed by atoms with Gasteiger partial charge in [0, 0.05) is 17.3 Å². The van der Waals surface area contributed by atoms with E-state index in [-0.39, 0.29) is 0 Å². The zero-order valence-electron chi connectivity index (χ0n) is 10.9. The number of benzene rings is 1. The maximum Gasteiger partial charge on any atom is 0.0949 e. The quantitative estimate of drug-likeness (QED) is 0.895. The first-order valence-electron chi connectivity index (χ1n) is 6.48. The van der Waals surface area contributed by atoms with Crippen LogP contribution in [0, 0.1) is 13.8 Å². The molecule has 3 heteroatoms. The molecule has 1 aromatic heterocycles. The standard InChI is InChI=1S/C15H18N2S/c1-10-11(2)18-15(17-10)9-14-13-6-4-3-5-12(13)7-8-16-14/h3-6,14,16H,7-9H2,1-2H3. The highest BCUT2D eigenvalue weighted by molar-refractivity contribution is 7.11. The molecule has 0 aliphatic carbocycles. The molecule has 94 valence electrons. The largest absolute Gasteiger partial charge is 0.309 e. The summed E-state index contributed by atoms with van der Waals surface area (Å²) in [7, 11) is 0. The molecular formula is C15H18N2S. The van der Waals surface area contributed by atoms with E-state index in [4.69, 9.17) is 0 Å². The second kappa shape index (κ2) is 4.82. The molecule has 0 spiro atoms. The van der Waals surface area contributed by atoms with Gasteiger partial charge in [-0.05, 0) is 37.9 Å². The van der Waals surface area contributed by atoms with Crippen LogP contribution in [0.4, 0.5) is 0 Å². The maximum absolute atomic E-state index is 4.66. The Balaban J connectivity index is 1.86. The normalized spacial score (nSPS) is 18.7. The molecule has 3 rings (SSSR count). The van der Waals surface area contributed by atoms with Gasteiger partial charge in [0.15, 0.2) is 0 Å². The molecule has 2 nitrogen and oxygen atoms in total. The van der Waals surface area contributed by atoms with Gasteiger partial charge in [-0.2, -0.15) is 0 Å². The molecule has 1 aromatic carbocycles. The van der Waals surface area contributed by atoms with Crippen LogP contribution >= 0.6 is 11.3 Å². The van der Waals surface area contributed by atoms with Crippen molar-refractivity contribution in [1.82, 2.24) is 10.3 Å². The number of fused-ring (bicyclic) bond motifs is 1. The highest BCUT2D eigenvalue weighted by Crippen LogP contribution is 2.28. The molecular weight excluding hydrogens is 240 g/mol.